The van der Waals surface area contributed by atoms with Crippen molar-refractivity contribution in [1.82, 2.24) is 15.1 Å². The Morgan fingerprint density at radius 3 is 2.81 bits per heavy atom. The van der Waals surface area contributed by atoms with Crippen molar-refractivity contribution in [3.63, 3.8) is 0 Å². The molecule has 1 amide bonds. The second-order valence-electron chi connectivity index (χ2n) is 7.22. The van der Waals surface area contributed by atoms with E-state index in [9.17, 15) is 4.79 Å². The maximum absolute atomic E-state index is 11.5. The lowest BCUT2D eigenvalue weighted by atomic mass is 9.84. The molecular weight excluding hydrogens is 264 g/mol. The predicted molar refractivity (Wildman–Crippen MR) is 84.0 cm³/mol. The number of nitrogens with one attached hydrogen (secondary N) is 1. The Labute approximate surface area is 128 Å². The van der Waals surface area contributed by atoms with Crippen LogP contribution in [-0.4, -0.2) is 67.1 Å². The normalized spacial score (nSPS) is 32.6. The first-order valence-electron chi connectivity index (χ1n) is 8.61. The average molecular weight is 294 g/mol. The monoisotopic (exact) mass is 294 g/mol. The minimum atomic E-state index is -0.186. The molecule has 5 nitrogen and oxygen atoms in total. The number of hydrogen-bond donors (Lipinski definition) is 2. The van der Waals surface area contributed by atoms with Gasteiger partial charge in [-0.25, -0.2) is 0 Å². The van der Waals surface area contributed by atoms with Crippen molar-refractivity contribution in [2.24, 2.45) is 11.7 Å². The summed E-state index contributed by atoms with van der Waals surface area (Å²) in [6.45, 7) is 4.63. The summed E-state index contributed by atoms with van der Waals surface area (Å²) in [5, 5.41) is 3.38. The third-order valence-corrected chi connectivity index (χ3v) is 5.52. The number of likely N-dealkylation sites (tertiary alicyclic amines) is 2. The first-order chi connectivity index (χ1) is 10.1. The standard InChI is InChI=1S/C16H30N4O/c1-19-8-2-3-12-11-20(10-7-15(12)19)9-6-14(16(17)21)18-13-4-5-13/h12-15,18H,2-11H2,1H3,(H2,17,21). The lowest BCUT2D eigenvalue weighted by molar-refractivity contribution is -0.120. The Bertz CT molecular complexity index is 371. The molecule has 0 aromatic heterocycles. The van der Waals surface area contributed by atoms with Crippen molar-refractivity contribution < 1.29 is 4.79 Å². The van der Waals surface area contributed by atoms with Gasteiger partial charge in [0.25, 0.3) is 0 Å². The number of nitrogens with zero attached hydrogens (tertiary/aromatic N) is 2. The molecule has 0 spiro atoms. The van der Waals surface area contributed by atoms with Gasteiger partial charge in [0.05, 0.1) is 6.04 Å². The van der Waals surface area contributed by atoms with E-state index in [4.69, 9.17) is 5.73 Å². The summed E-state index contributed by atoms with van der Waals surface area (Å²) >= 11 is 0. The van der Waals surface area contributed by atoms with Gasteiger partial charge in [0.15, 0.2) is 0 Å². The number of piperidine rings is 2. The molecule has 1 saturated carbocycles. The SMILES string of the molecule is CN1CCCC2CN(CCC(NC3CC3)C(N)=O)CCC21. The summed E-state index contributed by atoms with van der Waals surface area (Å²) < 4.78 is 0. The second kappa shape index (κ2) is 6.63. The van der Waals surface area contributed by atoms with E-state index in [1.165, 1.54) is 51.7 Å². The number of carbonyl (C=O) groups is 1. The van der Waals surface area contributed by atoms with Gasteiger partial charge in [0.2, 0.25) is 5.91 Å². The predicted octanol–water partition coefficient (Wildman–Crippen LogP) is 0.399. The summed E-state index contributed by atoms with van der Waals surface area (Å²) in [5.74, 6) is 0.634. The average Bonchev–Trinajstić information content (AvgIpc) is 3.27. The van der Waals surface area contributed by atoms with E-state index in [1.54, 1.807) is 0 Å². The van der Waals surface area contributed by atoms with Crippen LogP contribution in [0.1, 0.15) is 38.5 Å². The molecule has 3 N–H and O–H groups in total. The third kappa shape index (κ3) is 3.96. The molecule has 0 bridgehead atoms. The highest BCUT2D eigenvalue weighted by Gasteiger charge is 2.34. The Kier molecular flexibility index (Phi) is 4.82. The summed E-state index contributed by atoms with van der Waals surface area (Å²) in [6.07, 6.45) is 7.23. The second-order valence-corrected chi connectivity index (χ2v) is 7.22. The van der Waals surface area contributed by atoms with Crippen LogP contribution in [0.25, 0.3) is 0 Å². The van der Waals surface area contributed by atoms with Gasteiger partial charge in [0, 0.05) is 25.2 Å². The Morgan fingerprint density at radius 2 is 2.10 bits per heavy atom. The molecule has 3 fully saturated rings. The van der Waals surface area contributed by atoms with E-state index < -0.39 is 0 Å². The van der Waals surface area contributed by atoms with Crippen LogP contribution in [0.4, 0.5) is 0 Å². The van der Waals surface area contributed by atoms with Crippen LogP contribution in [-0.2, 0) is 4.79 Å². The molecule has 2 heterocycles. The molecule has 0 radical (unpaired) electrons. The lowest BCUT2D eigenvalue weighted by Gasteiger charge is -2.46. The molecular formula is C16H30N4O. The molecule has 3 unspecified atom stereocenters. The number of carbonyl (C=O) groups excluding carboxylic acids is 1. The molecule has 0 aromatic rings. The molecule has 120 valence electrons. The van der Waals surface area contributed by atoms with Crippen LogP contribution in [0.2, 0.25) is 0 Å². The van der Waals surface area contributed by atoms with Crippen LogP contribution >= 0.6 is 0 Å². The maximum Gasteiger partial charge on any atom is 0.234 e. The van der Waals surface area contributed by atoms with Gasteiger partial charge in [-0.1, -0.05) is 0 Å². The topological polar surface area (TPSA) is 61.6 Å². The van der Waals surface area contributed by atoms with Crippen molar-refractivity contribution in [3.8, 4) is 0 Å². The van der Waals surface area contributed by atoms with Gasteiger partial charge in [-0.15, -0.1) is 0 Å². The van der Waals surface area contributed by atoms with E-state index in [2.05, 4.69) is 22.2 Å². The fraction of sp³-hybridized carbons (Fsp3) is 0.938. The Morgan fingerprint density at radius 1 is 1.29 bits per heavy atom. The third-order valence-electron chi connectivity index (χ3n) is 5.52. The van der Waals surface area contributed by atoms with Gasteiger partial charge in [-0.05, 0) is 64.6 Å². The maximum atomic E-state index is 11.5. The van der Waals surface area contributed by atoms with Crippen LogP contribution < -0.4 is 11.1 Å². The number of rotatable bonds is 6. The molecule has 21 heavy (non-hydrogen) atoms. The van der Waals surface area contributed by atoms with Gasteiger partial charge in [0.1, 0.15) is 0 Å². The van der Waals surface area contributed by atoms with Crippen molar-refractivity contribution in [2.45, 2.75) is 56.7 Å². The molecule has 0 aromatic carbocycles. The first-order valence-corrected chi connectivity index (χ1v) is 8.61. The zero-order valence-corrected chi connectivity index (χ0v) is 13.3. The highest BCUT2D eigenvalue weighted by molar-refractivity contribution is 5.79. The molecule has 3 atom stereocenters. The summed E-state index contributed by atoms with van der Waals surface area (Å²) in [4.78, 5) is 16.6. The quantitative estimate of drug-likeness (QED) is 0.744. The molecule has 3 aliphatic rings. The minimum Gasteiger partial charge on any atom is -0.368 e. The van der Waals surface area contributed by atoms with Gasteiger partial charge >= 0.3 is 0 Å². The molecule has 2 aliphatic heterocycles. The molecule has 1 aliphatic carbocycles. The van der Waals surface area contributed by atoms with Crippen LogP contribution in [0.15, 0.2) is 0 Å². The minimum absolute atomic E-state index is 0.135. The molecule has 2 saturated heterocycles. The van der Waals surface area contributed by atoms with E-state index >= 15 is 0 Å². The Hall–Kier alpha value is -0.650. The van der Waals surface area contributed by atoms with Crippen LogP contribution in [0.5, 0.6) is 0 Å². The van der Waals surface area contributed by atoms with Crippen molar-refractivity contribution in [3.05, 3.63) is 0 Å². The number of amides is 1. The van der Waals surface area contributed by atoms with Gasteiger partial charge < -0.3 is 20.9 Å². The summed E-state index contributed by atoms with van der Waals surface area (Å²) in [5.41, 5.74) is 5.53. The zero-order valence-electron chi connectivity index (χ0n) is 13.3. The number of hydrogen-bond acceptors (Lipinski definition) is 4. The Balaban J connectivity index is 1.45. The van der Waals surface area contributed by atoms with Crippen LogP contribution in [0.3, 0.4) is 0 Å². The van der Waals surface area contributed by atoms with E-state index in [0.29, 0.717) is 6.04 Å². The van der Waals surface area contributed by atoms with Crippen molar-refractivity contribution in [2.75, 3.05) is 33.2 Å². The van der Waals surface area contributed by atoms with E-state index in [1.807, 2.05) is 0 Å². The van der Waals surface area contributed by atoms with Crippen molar-refractivity contribution in [1.29, 1.82) is 0 Å². The van der Waals surface area contributed by atoms with E-state index in [-0.39, 0.29) is 11.9 Å². The molecule has 5 heteroatoms. The summed E-state index contributed by atoms with van der Waals surface area (Å²) in [7, 11) is 2.27. The highest BCUT2D eigenvalue weighted by Crippen LogP contribution is 2.29. The van der Waals surface area contributed by atoms with Gasteiger partial charge in [-0.2, -0.15) is 0 Å². The van der Waals surface area contributed by atoms with E-state index in [0.717, 1.165) is 24.9 Å². The van der Waals surface area contributed by atoms with Crippen molar-refractivity contribution >= 4 is 5.91 Å². The number of primary amides is 1. The zero-order chi connectivity index (χ0) is 14.8. The fourth-order valence-corrected chi connectivity index (χ4v) is 4.08. The van der Waals surface area contributed by atoms with Gasteiger partial charge in [-0.3, -0.25) is 4.79 Å². The van der Waals surface area contributed by atoms with Crippen LogP contribution in [0, 0.1) is 5.92 Å². The number of nitrogens with two attached hydrogens (primary N) is 1. The summed E-state index contributed by atoms with van der Waals surface area (Å²) in [6, 6.07) is 1.19. The smallest absolute Gasteiger partial charge is 0.234 e. The number of fused-ring (bicyclic) bond motifs is 1. The fourth-order valence-electron chi connectivity index (χ4n) is 4.08. The molecule has 3 rings (SSSR count). The lowest BCUT2D eigenvalue weighted by Crippen LogP contribution is -2.53. The largest absolute Gasteiger partial charge is 0.368 e. The first kappa shape index (κ1) is 15.3. The highest BCUT2D eigenvalue weighted by atomic mass is 16.1.